The van der Waals surface area contributed by atoms with Crippen LogP contribution in [0.2, 0.25) is 0 Å². The normalized spacial score (nSPS) is 15.0. The highest BCUT2D eigenvalue weighted by molar-refractivity contribution is 6.00. The number of carbonyl (C=O) groups is 12. The molecule has 83 heavy (non-hydrogen) atoms. The molecule has 0 radical (unpaired) electrons. The predicted octanol–water partition coefficient (Wildman–Crippen LogP) is -4.24. The van der Waals surface area contributed by atoms with Gasteiger partial charge >= 0.3 is 17.9 Å². The molecule has 30 nitrogen and oxygen atoms in total. The van der Waals surface area contributed by atoms with Gasteiger partial charge in [-0.25, -0.2) is 4.79 Å². The van der Waals surface area contributed by atoms with Crippen LogP contribution in [0.15, 0.2) is 72.8 Å². The second kappa shape index (κ2) is 32.7. The number of phenolic OH excluding ortho intramolecular Hbond substituents is 3. The maximum absolute atomic E-state index is 14.5. The Kier molecular flexibility index (Phi) is 26.8. The molecule has 3 aromatic rings. The Morgan fingerprint density at radius 1 is 0.458 bits per heavy atom. The number of primary amides is 1. The average molecular weight is 1170 g/mol. The third kappa shape index (κ3) is 22.9. The fraction of sp³-hybridized carbons (Fsp3) is 0.434. The molecule has 3 aromatic carbocycles. The van der Waals surface area contributed by atoms with Crippen LogP contribution in [-0.2, 0) is 76.8 Å². The van der Waals surface area contributed by atoms with Crippen molar-refractivity contribution in [2.75, 3.05) is 6.61 Å². The monoisotopic (exact) mass is 1170 g/mol. The van der Waals surface area contributed by atoms with E-state index in [4.69, 9.17) is 16.6 Å². The van der Waals surface area contributed by atoms with Gasteiger partial charge in [-0.3, -0.25) is 52.7 Å². The molecule has 0 spiro atoms. The first-order chi connectivity index (χ1) is 39.0. The Morgan fingerprint density at radius 3 is 1.24 bits per heavy atom. The summed E-state index contributed by atoms with van der Waals surface area (Å²) < 4.78 is 0. The highest BCUT2D eigenvalue weighted by atomic mass is 16.4. The van der Waals surface area contributed by atoms with Crippen LogP contribution >= 0.6 is 0 Å². The molecule has 0 aromatic heterocycles. The zero-order chi connectivity index (χ0) is 62.2. The number of carboxylic acids is 3. The molecule has 0 aliphatic carbocycles. The van der Waals surface area contributed by atoms with Crippen LogP contribution in [0.1, 0.15) is 69.6 Å². The van der Waals surface area contributed by atoms with Gasteiger partial charge in [-0.15, -0.1) is 0 Å². The highest BCUT2D eigenvalue weighted by Crippen LogP contribution is 2.17. The number of hydrogen-bond acceptors (Lipinski definition) is 18. The van der Waals surface area contributed by atoms with Gasteiger partial charge in [0.2, 0.25) is 53.2 Å². The Hall–Kier alpha value is -9.42. The van der Waals surface area contributed by atoms with Crippen LogP contribution in [0.3, 0.4) is 0 Å². The minimum absolute atomic E-state index is 0.0570. The lowest BCUT2D eigenvalue weighted by atomic mass is 9.96. The largest absolute Gasteiger partial charge is 0.508 e. The van der Waals surface area contributed by atoms with Crippen LogP contribution in [-0.4, -0.2) is 179 Å². The molecule has 0 saturated heterocycles. The van der Waals surface area contributed by atoms with E-state index in [2.05, 4.69) is 37.2 Å². The summed E-state index contributed by atoms with van der Waals surface area (Å²) in [6.45, 7) is 3.00. The maximum Gasteiger partial charge on any atom is 0.326 e. The molecule has 0 fully saturated rings. The summed E-state index contributed by atoms with van der Waals surface area (Å²) >= 11 is 0. The fourth-order valence-corrected chi connectivity index (χ4v) is 7.88. The van der Waals surface area contributed by atoms with E-state index in [0.717, 1.165) is 6.92 Å². The minimum Gasteiger partial charge on any atom is -0.508 e. The summed E-state index contributed by atoms with van der Waals surface area (Å²) in [4.78, 5) is 158. The van der Waals surface area contributed by atoms with Gasteiger partial charge in [-0.1, -0.05) is 56.7 Å². The Labute approximate surface area is 474 Å². The van der Waals surface area contributed by atoms with Crippen molar-refractivity contribution < 1.29 is 98.4 Å². The van der Waals surface area contributed by atoms with Crippen molar-refractivity contribution in [1.29, 1.82) is 0 Å². The van der Waals surface area contributed by atoms with E-state index < -0.39 is 183 Å². The molecule has 11 atom stereocenters. The van der Waals surface area contributed by atoms with Crippen molar-refractivity contribution >= 4 is 71.1 Å². The van der Waals surface area contributed by atoms with E-state index in [1.165, 1.54) is 79.7 Å². The van der Waals surface area contributed by atoms with Crippen LogP contribution in [0, 0.1) is 5.92 Å². The van der Waals surface area contributed by atoms with E-state index in [1.54, 1.807) is 6.92 Å². The van der Waals surface area contributed by atoms with E-state index in [0.29, 0.717) is 5.56 Å². The molecular weight excluding hydrogens is 1100 g/mol. The number of rotatable bonds is 34. The van der Waals surface area contributed by atoms with Gasteiger partial charge < -0.3 is 94.9 Å². The van der Waals surface area contributed by atoms with Gasteiger partial charge in [0.05, 0.1) is 31.6 Å². The van der Waals surface area contributed by atoms with Gasteiger partial charge in [0.15, 0.2) is 0 Å². The quantitative estimate of drug-likeness (QED) is 0.0269. The number of benzene rings is 3. The summed E-state index contributed by atoms with van der Waals surface area (Å²) in [5.41, 5.74) is 12.6. The topological polar surface area (TPSA) is 515 Å². The van der Waals surface area contributed by atoms with Gasteiger partial charge in [0.1, 0.15) is 65.6 Å². The number of carbonyl (C=O) groups excluding carboxylic acids is 9. The van der Waals surface area contributed by atoms with Crippen LogP contribution in [0.25, 0.3) is 0 Å². The second-order valence-electron chi connectivity index (χ2n) is 19.4. The van der Waals surface area contributed by atoms with Crippen molar-refractivity contribution in [3.05, 3.63) is 89.5 Å². The predicted molar refractivity (Wildman–Crippen MR) is 288 cm³/mol. The standard InChI is InChI=1S/C53H70N10O20/c1-4-25(2)43(62-49(78)38(23-42(72)73)57-45(74)33(54)19-27-5-11-30(66)12-6-27)51(80)60-37(22-40(55)69)47(76)58-35(20-28-7-13-31(67)14-8-28)46(75)59-36(21-29-9-15-32(68)16-10-29)48(77)63-44(26(3)65)52(81)61-39(24-64)50(79)56-34(53(82)83)17-18-41(70)71/h5-16,25-26,33-39,43-44,64-68H,4,17-24,54H2,1-3H3,(H2,55,69)(H,56,79)(H,57,74)(H,58,76)(H,59,75)(H,60,80)(H,61,81)(H,62,78)(H,63,77)(H,70,71)(H,72,73)(H,82,83)/t25-,26+,33-,34-,35-,36-,37-,38-,39-,43-,44-/m0/s1. The van der Waals surface area contributed by atoms with E-state index in [9.17, 15) is 93.3 Å². The summed E-state index contributed by atoms with van der Waals surface area (Å²) in [6, 6.07) is 0.221. The molecule has 3 rings (SSSR count). The lowest BCUT2D eigenvalue weighted by Gasteiger charge is -2.29. The van der Waals surface area contributed by atoms with Crippen LogP contribution < -0.4 is 54.0 Å². The first-order valence-electron chi connectivity index (χ1n) is 25.8. The molecule has 0 bridgehead atoms. The maximum atomic E-state index is 14.5. The van der Waals surface area contributed by atoms with Gasteiger partial charge in [-0.05, 0) is 78.8 Å². The molecule has 30 heteroatoms. The molecule has 0 heterocycles. The van der Waals surface area contributed by atoms with Crippen LogP contribution in [0.4, 0.5) is 0 Å². The fourth-order valence-electron chi connectivity index (χ4n) is 7.88. The third-order valence-corrected chi connectivity index (χ3v) is 12.7. The number of carboxylic acid groups (broad SMARTS) is 3. The zero-order valence-corrected chi connectivity index (χ0v) is 45.3. The van der Waals surface area contributed by atoms with E-state index in [1.807, 2.05) is 5.32 Å². The number of aromatic hydroxyl groups is 3. The SMILES string of the molecule is CC[C@H](C)[C@H](NC(=O)[C@H](CC(=O)O)NC(=O)[C@@H](N)Cc1ccc(O)cc1)C(=O)N[C@@H](CC(N)=O)C(=O)N[C@@H](Cc1ccc(O)cc1)C(=O)N[C@@H](Cc1ccc(O)cc1)C(=O)N[C@H](C(=O)N[C@@H](CO)C(=O)N[C@@H](CCC(=O)O)C(=O)O)[C@@H](C)O. The summed E-state index contributed by atoms with van der Waals surface area (Å²) in [6.07, 6.45) is -5.76. The van der Waals surface area contributed by atoms with E-state index >= 15 is 0 Å². The van der Waals surface area contributed by atoms with Crippen molar-refractivity contribution in [2.45, 2.75) is 133 Å². The number of aliphatic hydroxyl groups excluding tert-OH is 2. The third-order valence-electron chi connectivity index (χ3n) is 12.7. The van der Waals surface area contributed by atoms with Gasteiger partial charge in [-0.2, -0.15) is 0 Å². The average Bonchev–Trinajstić information content (AvgIpc) is 3.44. The van der Waals surface area contributed by atoms with Crippen molar-refractivity contribution in [3.63, 3.8) is 0 Å². The molecule has 0 saturated carbocycles. The number of amides is 9. The second-order valence-corrected chi connectivity index (χ2v) is 19.4. The Morgan fingerprint density at radius 2 is 0.819 bits per heavy atom. The molecule has 452 valence electrons. The molecule has 0 unspecified atom stereocenters. The molecule has 9 amide bonds. The van der Waals surface area contributed by atoms with Crippen molar-refractivity contribution in [2.24, 2.45) is 17.4 Å². The van der Waals surface area contributed by atoms with Crippen molar-refractivity contribution in [1.82, 2.24) is 42.5 Å². The molecule has 0 aliphatic heterocycles. The first-order valence-corrected chi connectivity index (χ1v) is 25.8. The smallest absolute Gasteiger partial charge is 0.326 e. The lowest BCUT2D eigenvalue weighted by Crippen LogP contribution is -2.62. The molecule has 20 N–H and O–H groups in total. The minimum atomic E-state index is -1.98. The number of nitrogens with one attached hydrogen (secondary N) is 8. The molecular formula is C53H70N10O20. The van der Waals surface area contributed by atoms with Crippen molar-refractivity contribution in [3.8, 4) is 17.2 Å². The summed E-state index contributed by atoms with van der Waals surface area (Å²) in [7, 11) is 0. The summed E-state index contributed by atoms with van der Waals surface area (Å²) in [5, 5.41) is 96.6. The first kappa shape index (κ1) is 67.9. The summed E-state index contributed by atoms with van der Waals surface area (Å²) in [5.74, 6) is -16.4. The number of hydrogen-bond donors (Lipinski definition) is 18. The Balaban J connectivity index is 1.96. The number of nitrogens with two attached hydrogens (primary N) is 2. The lowest BCUT2D eigenvalue weighted by molar-refractivity contribution is -0.144. The van der Waals surface area contributed by atoms with Gasteiger partial charge in [0, 0.05) is 19.3 Å². The number of aliphatic carboxylic acids is 3. The number of phenols is 3. The molecule has 0 aliphatic rings. The van der Waals surface area contributed by atoms with Crippen LogP contribution in [0.5, 0.6) is 17.2 Å². The number of aliphatic hydroxyl groups is 2. The highest BCUT2D eigenvalue weighted by Gasteiger charge is 2.38. The zero-order valence-electron chi connectivity index (χ0n) is 45.3. The van der Waals surface area contributed by atoms with E-state index in [-0.39, 0.29) is 41.2 Å². The van der Waals surface area contributed by atoms with Gasteiger partial charge in [0.25, 0.3) is 0 Å². The Bertz CT molecular complexity index is 2780.